The number of terminal acetylenes is 1. The van der Waals surface area contributed by atoms with Crippen molar-refractivity contribution in [2.45, 2.75) is 6.54 Å². The fraction of sp³-hybridized carbons (Fsp3) is 0.0667. The van der Waals surface area contributed by atoms with Gasteiger partial charge in [-0.1, -0.05) is 48.1 Å². The average molecular weight is 298 g/mol. The third kappa shape index (κ3) is 2.24. The Morgan fingerprint density at radius 2 is 2.25 bits per heavy atom. The van der Waals surface area contributed by atoms with E-state index in [4.69, 9.17) is 18.6 Å². The van der Waals surface area contributed by atoms with Crippen LogP contribution in [0.25, 0.3) is 17.0 Å². The van der Waals surface area contributed by atoms with Gasteiger partial charge in [0.15, 0.2) is 0 Å². The van der Waals surface area contributed by atoms with Gasteiger partial charge >= 0.3 is 0 Å². The summed E-state index contributed by atoms with van der Waals surface area (Å²) < 4.78 is 2.49. The number of para-hydroxylation sites is 1. The summed E-state index contributed by atoms with van der Waals surface area (Å²) in [5, 5.41) is 3.69. The molecule has 1 aliphatic heterocycles. The quantitative estimate of drug-likeness (QED) is 0.526. The topological polar surface area (TPSA) is 34.0 Å². The van der Waals surface area contributed by atoms with Gasteiger partial charge in [-0.2, -0.15) is 0 Å². The molecule has 5 heteroatoms. The lowest BCUT2D eigenvalue weighted by molar-refractivity contribution is -0.115. The minimum atomic E-state index is -0.145. The van der Waals surface area contributed by atoms with Gasteiger partial charge in [0.05, 0.1) is 11.4 Å². The molecule has 1 aromatic heterocycles. The second-order valence-electron chi connectivity index (χ2n) is 4.29. The molecule has 3 nitrogen and oxygen atoms in total. The van der Waals surface area contributed by atoms with Crippen LogP contribution < -0.4 is 5.32 Å². The molecule has 1 fully saturated rings. The molecule has 0 aliphatic carbocycles. The summed E-state index contributed by atoms with van der Waals surface area (Å²) in [5.41, 5.74) is 2.03. The standard InChI is InChI=1S/C15H10N2OS2/c1-2-7-17-9-10(11-5-3-4-6-12(11)17)8-13-14(18)16-15(19)20-13/h1,3-6,8-9H,7H2,(H,16,18,19). The molecule has 1 aliphatic rings. The number of fused-ring (bicyclic) bond motifs is 1. The van der Waals surface area contributed by atoms with Crippen molar-refractivity contribution in [3.8, 4) is 12.3 Å². The van der Waals surface area contributed by atoms with Crippen LogP contribution in [0.3, 0.4) is 0 Å². The maximum atomic E-state index is 11.7. The van der Waals surface area contributed by atoms with Crippen molar-refractivity contribution < 1.29 is 4.79 Å². The van der Waals surface area contributed by atoms with E-state index in [0.29, 0.717) is 15.8 Å². The number of hydrogen-bond acceptors (Lipinski definition) is 3. The van der Waals surface area contributed by atoms with Crippen LogP contribution in [0.2, 0.25) is 0 Å². The zero-order valence-electron chi connectivity index (χ0n) is 10.4. The maximum absolute atomic E-state index is 11.7. The van der Waals surface area contributed by atoms with Gasteiger partial charge in [0.1, 0.15) is 4.32 Å². The molecule has 2 aromatic rings. The summed E-state index contributed by atoms with van der Waals surface area (Å²) in [5.74, 6) is 2.49. The summed E-state index contributed by atoms with van der Waals surface area (Å²) >= 11 is 6.27. The summed E-state index contributed by atoms with van der Waals surface area (Å²) in [6.07, 6.45) is 9.21. The van der Waals surface area contributed by atoms with E-state index in [1.807, 2.05) is 41.1 Å². The number of nitrogens with one attached hydrogen (secondary N) is 1. The van der Waals surface area contributed by atoms with Gasteiger partial charge in [-0.3, -0.25) is 4.79 Å². The van der Waals surface area contributed by atoms with Crippen LogP contribution in [-0.4, -0.2) is 14.8 Å². The molecule has 0 atom stereocenters. The first-order valence-electron chi connectivity index (χ1n) is 5.95. The van der Waals surface area contributed by atoms with Crippen molar-refractivity contribution in [3.05, 3.63) is 40.9 Å². The van der Waals surface area contributed by atoms with E-state index < -0.39 is 0 Å². The predicted molar refractivity (Wildman–Crippen MR) is 87.1 cm³/mol. The number of thiocarbonyl (C=S) groups is 1. The second kappa shape index (κ2) is 5.16. The molecule has 0 spiro atoms. The molecule has 2 heterocycles. The van der Waals surface area contributed by atoms with Crippen LogP contribution in [0.15, 0.2) is 35.4 Å². The van der Waals surface area contributed by atoms with Gasteiger partial charge in [0.2, 0.25) is 0 Å². The number of hydrogen-bond donors (Lipinski definition) is 1. The molecule has 1 amide bonds. The molecule has 1 N–H and O–H groups in total. The molecule has 0 radical (unpaired) electrons. The minimum Gasteiger partial charge on any atom is -0.335 e. The van der Waals surface area contributed by atoms with Crippen LogP contribution in [0.4, 0.5) is 0 Å². The van der Waals surface area contributed by atoms with E-state index in [9.17, 15) is 4.79 Å². The number of carbonyl (C=O) groups excluding carboxylic acids is 1. The molecule has 20 heavy (non-hydrogen) atoms. The van der Waals surface area contributed by atoms with Crippen LogP contribution in [0.5, 0.6) is 0 Å². The van der Waals surface area contributed by atoms with Gasteiger partial charge in [-0.15, -0.1) is 6.42 Å². The average Bonchev–Trinajstić information content (AvgIpc) is 2.93. The molecule has 3 rings (SSSR count). The first-order valence-corrected chi connectivity index (χ1v) is 7.17. The van der Waals surface area contributed by atoms with E-state index in [2.05, 4.69) is 11.2 Å². The lowest BCUT2D eigenvalue weighted by Gasteiger charge is -1.97. The fourth-order valence-corrected chi connectivity index (χ4v) is 3.22. The highest BCUT2D eigenvalue weighted by molar-refractivity contribution is 8.26. The summed E-state index contributed by atoms with van der Waals surface area (Å²) in [4.78, 5) is 12.3. The van der Waals surface area contributed by atoms with Gasteiger partial charge in [-0.05, 0) is 12.1 Å². The summed E-state index contributed by atoms with van der Waals surface area (Å²) in [6.45, 7) is 0.501. The van der Waals surface area contributed by atoms with E-state index in [1.54, 1.807) is 0 Å². The number of benzene rings is 1. The zero-order valence-corrected chi connectivity index (χ0v) is 12.1. The predicted octanol–water partition coefficient (Wildman–Crippen LogP) is 2.76. The van der Waals surface area contributed by atoms with E-state index in [-0.39, 0.29) is 5.91 Å². The third-order valence-electron chi connectivity index (χ3n) is 3.01. The maximum Gasteiger partial charge on any atom is 0.263 e. The molecular formula is C15H10N2OS2. The Bertz CT molecular complexity index is 796. The first kappa shape index (κ1) is 13.0. The van der Waals surface area contributed by atoms with Crippen molar-refractivity contribution in [1.82, 2.24) is 9.88 Å². The number of nitrogens with zero attached hydrogens (tertiary/aromatic N) is 1. The highest BCUT2D eigenvalue weighted by Crippen LogP contribution is 2.29. The van der Waals surface area contributed by atoms with Gasteiger partial charge < -0.3 is 9.88 Å². The van der Waals surface area contributed by atoms with Crippen LogP contribution in [0.1, 0.15) is 5.56 Å². The SMILES string of the molecule is C#CCn1cc(C=C2SC(=S)NC2=O)c2ccccc21. The van der Waals surface area contributed by atoms with Crippen molar-refractivity contribution in [3.63, 3.8) is 0 Å². The lowest BCUT2D eigenvalue weighted by atomic mass is 10.1. The Labute approximate surface area is 126 Å². The molecular weight excluding hydrogens is 288 g/mol. The fourth-order valence-electron chi connectivity index (χ4n) is 2.18. The number of carbonyl (C=O) groups is 1. The Balaban J connectivity index is 2.13. The van der Waals surface area contributed by atoms with Crippen molar-refractivity contribution in [1.29, 1.82) is 0 Å². The Morgan fingerprint density at radius 1 is 1.45 bits per heavy atom. The van der Waals surface area contributed by atoms with Gasteiger partial charge in [0.25, 0.3) is 5.91 Å². The summed E-state index contributed by atoms with van der Waals surface area (Å²) in [6, 6.07) is 7.97. The Kier molecular flexibility index (Phi) is 3.35. The smallest absolute Gasteiger partial charge is 0.263 e. The monoisotopic (exact) mass is 298 g/mol. The lowest BCUT2D eigenvalue weighted by Crippen LogP contribution is -2.17. The first-order chi connectivity index (χ1) is 9.69. The number of amides is 1. The van der Waals surface area contributed by atoms with Gasteiger partial charge in [0, 0.05) is 22.7 Å². The molecule has 98 valence electrons. The third-order valence-corrected chi connectivity index (χ3v) is 4.17. The largest absolute Gasteiger partial charge is 0.335 e. The normalized spacial score (nSPS) is 16.6. The molecule has 1 aromatic carbocycles. The number of rotatable bonds is 2. The molecule has 1 saturated heterocycles. The molecule has 0 bridgehead atoms. The van der Waals surface area contributed by atoms with Crippen LogP contribution >= 0.6 is 24.0 Å². The zero-order chi connectivity index (χ0) is 14.1. The number of thioether (sulfide) groups is 1. The number of aromatic nitrogens is 1. The van der Waals surface area contributed by atoms with Crippen LogP contribution in [-0.2, 0) is 11.3 Å². The Morgan fingerprint density at radius 3 is 2.95 bits per heavy atom. The van der Waals surface area contributed by atoms with E-state index in [1.165, 1.54) is 11.8 Å². The van der Waals surface area contributed by atoms with E-state index >= 15 is 0 Å². The van der Waals surface area contributed by atoms with Crippen molar-refractivity contribution in [2.75, 3.05) is 0 Å². The minimum absolute atomic E-state index is 0.145. The van der Waals surface area contributed by atoms with Gasteiger partial charge in [-0.25, -0.2) is 0 Å². The van der Waals surface area contributed by atoms with Crippen molar-refractivity contribution in [2.24, 2.45) is 0 Å². The Hall–Kier alpha value is -2.03. The second-order valence-corrected chi connectivity index (χ2v) is 6.00. The summed E-state index contributed by atoms with van der Waals surface area (Å²) in [7, 11) is 0. The molecule has 0 unspecified atom stereocenters. The highest BCUT2D eigenvalue weighted by Gasteiger charge is 2.22. The van der Waals surface area contributed by atoms with Crippen molar-refractivity contribution >= 4 is 51.2 Å². The van der Waals surface area contributed by atoms with E-state index in [0.717, 1.165) is 16.5 Å². The van der Waals surface area contributed by atoms with Crippen LogP contribution in [0, 0.1) is 12.3 Å². The highest BCUT2D eigenvalue weighted by atomic mass is 32.2. The molecule has 0 saturated carbocycles.